The van der Waals surface area contributed by atoms with Crippen molar-refractivity contribution in [2.75, 3.05) is 0 Å². The zero-order valence-corrected chi connectivity index (χ0v) is 21.0. The van der Waals surface area contributed by atoms with E-state index in [1.165, 1.54) is 0 Å². The van der Waals surface area contributed by atoms with Crippen molar-refractivity contribution in [2.45, 2.75) is 72.4 Å². The molecule has 7 heteroatoms. The minimum Gasteiger partial charge on any atom is -0.507 e. The molecule has 3 rings (SSSR count). The van der Waals surface area contributed by atoms with Crippen molar-refractivity contribution in [1.29, 1.82) is 0 Å². The summed E-state index contributed by atoms with van der Waals surface area (Å²) in [6.07, 6.45) is 7.85. The molecule has 3 N–H and O–H groups in total. The van der Waals surface area contributed by atoms with Gasteiger partial charge in [-0.15, -0.1) is 0 Å². The first kappa shape index (κ1) is 28.4. The van der Waals surface area contributed by atoms with Crippen molar-refractivity contribution in [1.82, 2.24) is 0 Å². The van der Waals surface area contributed by atoms with Gasteiger partial charge in [0.15, 0.2) is 0 Å². The van der Waals surface area contributed by atoms with Crippen LogP contribution in [-0.4, -0.2) is 45.8 Å². The summed E-state index contributed by atoms with van der Waals surface area (Å²) >= 11 is 0. The first-order valence-electron chi connectivity index (χ1n) is 10.9. The Morgan fingerprint density at radius 3 is 1.48 bits per heavy atom. The van der Waals surface area contributed by atoms with Crippen molar-refractivity contribution in [2.24, 2.45) is 9.98 Å². The number of phenols is 2. The number of carboxylic acid groups (broad SMARTS) is 1. The van der Waals surface area contributed by atoms with Gasteiger partial charge in [-0.05, 0) is 74.9 Å². The van der Waals surface area contributed by atoms with Gasteiger partial charge in [0.1, 0.15) is 11.5 Å². The van der Waals surface area contributed by atoms with Gasteiger partial charge in [0.25, 0.3) is 5.97 Å². The van der Waals surface area contributed by atoms with Crippen LogP contribution in [0.25, 0.3) is 0 Å². The number of benzene rings is 2. The van der Waals surface area contributed by atoms with Crippen molar-refractivity contribution < 1.29 is 36.9 Å². The van der Waals surface area contributed by atoms with E-state index in [-0.39, 0.29) is 28.9 Å². The molecule has 1 aliphatic carbocycles. The quantitative estimate of drug-likeness (QED) is 0.501. The van der Waals surface area contributed by atoms with Crippen LogP contribution in [0.15, 0.2) is 34.3 Å². The SMILES string of the molecule is CC(=O)O.Cc1cc(C)c(O)c(C=NC2CCCC[C@H]2N=Cc2cc(C)cc(C)c2O)c1.[Co]. The van der Waals surface area contributed by atoms with E-state index in [1.54, 1.807) is 12.4 Å². The van der Waals surface area contributed by atoms with E-state index in [4.69, 9.17) is 19.9 Å². The molecular weight excluding hydrogens is 463 g/mol. The van der Waals surface area contributed by atoms with Gasteiger partial charge >= 0.3 is 0 Å². The molecule has 6 nitrogen and oxygen atoms in total. The van der Waals surface area contributed by atoms with Gasteiger partial charge in [-0.25, -0.2) is 0 Å². The zero-order chi connectivity index (χ0) is 23.8. The fraction of sp³-hybridized carbons (Fsp3) is 0.423. The fourth-order valence-corrected chi connectivity index (χ4v) is 3.97. The van der Waals surface area contributed by atoms with Crippen molar-refractivity contribution in [3.8, 4) is 11.5 Å². The second kappa shape index (κ2) is 13.2. The number of rotatable bonds is 4. The summed E-state index contributed by atoms with van der Waals surface area (Å²) in [4.78, 5) is 18.6. The molecule has 0 aliphatic heterocycles. The molecule has 0 heterocycles. The Morgan fingerprint density at radius 2 is 1.15 bits per heavy atom. The standard InChI is InChI=1S/C24H30N2O2.C2H4O2.Co/c1-15-9-17(3)23(27)19(11-15)13-25-21-7-5-6-8-22(21)26-14-20-12-16(2)10-18(4)24(20)28;1-2(3)4;/h9-14,21-22,27-28H,5-8H2,1-4H3;1H3,(H,3,4);/t21-,22?;;/m1../s1. The number of carboxylic acids is 1. The van der Waals surface area contributed by atoms with Crippen LogP contribution in [0.1, 0.15) is 66.0 Å². The van der Waals surface area contributed by atoms with E-state index in [2.05, 4.69) is 0 Å². The van der Waals surface area contributed by atoms with E-state index in [1.807, 2.05) is 52.0 Å². The summed E-state index contributed by atoms with van der Waals surface area (Å²) in [6, 6.07) is 8.05. The fourth-order valence-electron chi connectivity index (χ4n) is 3.97. The Balaban J connectivity index is 0.00000101. The van der Waals surface area contributed by atoms with Crippen molar-refractivity contribution in [3.63, 3.8) is 0 Å². The molecule has 1 aliphatic rings. The predicted molar refractivity (Wildman–Crippen MR) is 130 cm³/mol. The number of hydrogen-bond donors (Lipinski definition) is 3. The number of phenolic OH excluding ortho intramolecular Hbond substituents is 2. The molecule has 1 saturated carbocycles. The number of aliphatic imine (C=N–C) groups is 2. The summed E-state index contributed by atoms with van der Waals surface area (Å²) in [5, 5.41) is 28.0. The summed E-state index contributed by atoms with van der Waals surface area (Å²) in [5.41, 5.74) is 5.48. The van der Waals surface area contributed by atoms with Gasteiger partial charge in [-0.1, -0.05) is 25.0 Å². The Kier molecular flexibility index (Phi) is 11.3. The molecule has 33 heavy (non-hydrogen) atoms. The maximum Gasteiger partial charge on any atom is 0.300 e. The van der Waals surface area contributed by atoms with E-state index in [9.17, 15) is 10.2 Å². The summed E-state index contributed by atoms with van der Waals surface area (Å²) in [5.74, 6) is -0.240. The largest absolute Gasteiger partial charge is 0.507 e. The number of aliphatic carboxylic acids is 1. The molecule has 0 amide bonds. The number of carbonyl (C=O) groups is 1. The smallest absolute Gasteiger partial charge is 0.300 e. The Bertz CT molecular complexity index is 938. The molecule has 2 aromatic carbocycles. The van der Waals surface area contributed by atoms with E-state index in [0.29, 0.717) is 11.5 Å². The van der Waals surface area contributed by atoms with Crippen LogP contribution >= 0.6 is 0 Å². The first-order valence-corrected chi connectivity index (χ1v) is 10.9. The summed E-state index contributed by atoms with van der Waals surface area (Å²) in [7, 11) is 0. The van der Waals surface area contributed by atoms with Gasteiger partial charge < -0.3 is 15.3 Å². The van der Waals surface area contributed by atoms with E-state index in [0.717, 1.165) is 66.0 Å². The normalized spacial score (nSPS) is 18.0. The monoisotopic (exact) mass is 497 g/mol. The molecule has 1 radical (unpaired) electrons. The second-order valence-electron chi connectivity index (χ2n) is 8.53. The van der Waals surface area contributed by atoms with Crippen LogP contribution in [0.4, 0.5) is 0 Å². The third-order valence-corrected chi connectivity index (χ3v) is 5.45. The molecule has 1 unspecified atom stereocenters. The average Bonchev–Trinajstić information content (AvgIpc) is 2.71. The average molecular weight is 498 g/mol. The van der Waals surface area contributed by atoms with Crippen LogP contribution in [0.2, 0.25) is 0 Å². The van der Waals surface area contributed by atoms with Gasteiger partial charge in [-0.2, -0.15) is 0 Å². The van der Waals surface area contributed by atoms with Gasteiger partial charge in [-0.3, -0.25) is 14.8 Å². The third-order valence-electron chi connectivity index (χ3n) is 5.45. The number of aryl methyl sites for hydroxylation is 4. The molecule has 0 spiro atoms. The predicted octanol–water partition coefficient (Wildman–Crippen LogP) is 5.27. The van der Waals surface area contributed by atoms with Crippen molar-refractivity contribution in [3.05, 3.63) is 57.6 Å². The molecule has 181 valence electrons. The molecule has 2 atom stereocenters. The molecule has 0 bridgehead atoms. The van der Waals surface area contributed by atoms with Crippen LogP contribution in [0, 0.1) is 27.7 Å². The Hall–Kier alpha value is -2.64. The minimum atomic E-state index is -0.833. The maximum atomic E-state index is 10.3. The van der Waals surface area contributed by atoms with Crippen LogP contribution < -0.4 is 0 Å². The van der Waals surface area contributed by atoms with Crippen LogP contribution in [-0.2, 0) is 21.6 Å². The van der Waals surface area contributed by atoms with E-state index < -0.39 is 5.97 Å². The van der Waals surface area contributed by atoms with Crippen LogP contribution in [0.5, 0.6) is 11.5 Å². The Labute approximate surface area is 206 Å². The zero-order valence-electron chi connectivity index (χ0n) is 19.9. The molecule has 1 fully saturated rings. The molecular formula is C26H34CoN2O4. The molecule has 0 saturated heterocycles. The minimum absolute atomic E-state index is 0. The molecule has 0 aromatic heterocycles. The van der Waals surface area contributed by atoms with Crippen molar-refractivity contribution >= 4 is 18.4 Å². The van der Waals surface area contributed by atoms with Crippen LogP contribution in [0.3, 0.4) is 0 Å². The van der Waals surface area contributed by atoms with Gasteiger partial charge in [0, 0.05) is 47.3 Å². The number of aromatic hydroxyl groups is 2. The summed E-state index contributed by atoms with van der Waals surface area (Å²) in [6.45, 7) is 8.94. The maximum absolute atomic E-state index is 10.3. The topological polar surface area (TPSA) is 102 Å². The Morgan fingerprint density at radius 1 is 0.818 bits per heavy atom. The van der Waals surface area contributed by atoms with Gasteiger partial charge in [0.05, 0.1) is 12.1 Å². The third kappa shape index (κ3) is 8.66. The van der Waals surface area contributed by atoms with E-state index >= 15 is 0 Å². The summed E-state index contributed by atoms with van der Waals surface area (Å²) < 4.78 is 0. The number of nitrogens with zero attached hydrogens (tertiary/aromatic N) is 2. The molecule has 2 aromatic rings. The second-order valence-corrected chi connectivity index (χ2v) is 8.53. The first-order chi connectivity index (χ1) is 15.1. The van der Waals surface area contributed by atoms with Gasteiger partial charge in [0.2, 0.25) is 0 Å². The number of hydrogen-bond acceptors (Lipinski definition) is 5.